The van der Waals surface area contributed by atoms with Crippen molar-refractivity contribution in [1.82, 2.24) is 14.8 Å². The Morgan fingerprint density at radius 3 is 2.50 bits per heavy atom. The lowest BCUT2D eigenvalue weighted by molar-refractivity contribution is 0.0700. The van der Waals surface area contributed by atoms with Crippen LogP contribution in [0.2, 0.25) is 0 Å². The molecule has 0 spiro atoms. The van der Waals surface area contributed by atoms with E-state index in [-0.39, 0.29) is 0 Å². The molecule has 0 saturated heterocycles. The van der Waals surface area contributed by atoms with Crippen LogP contribution in [-0.4, -0.2) is 25.8 Å². The predicted molar refractivity (Wildman–Crippen MR) is 79.3 cm³/mol. The number of hydrogen-bond acceptors (Lipinski definition) is 4. The molecule has 0 aliphatic carbocycles. The highest BCUT2D eigenvalue weighted by molar-refractivity contribution is 7.17. The summed E-state index contributed by atoms with van der Waals surface area (Å²) >= 11 is 1.24. The molecule has 2 rings (SSSR count). The quantitative estimate of drug-likeness (QED) is 0.940. The van der Waals surface area contributed by atoms with Gasteiger partial charge in [0.25, 0.3) is 0 Å². The third kappa shape index (κ3) is 2.60. The molecule has 1 N–H and O–H groups in total. The summed E-state index contributed by atoms with van der Waals surface area (Å²) in [5, 5.41) is 14.5. The van der Waals surface area contributed by atoms with E-state index < -0.39 is 5.97 Å². The first-order valence-electron chi connectivity index (χ1n) is 6.54. The van der Waals surface area contributed by atoms with E-state index in [0.717, 1.165) is 22.0 Å². The van der Waals surface area contributed by atoms with Crippen LogP contribution in [0.3, 0.4) is 0 Å². The number of thiazole rings is 1. The molecule has 0 amide bonds. The van der Waals surface area contributed by atoms with Crippen LogP contribution in [0.4, 0.5) is 0 Å². The normalized spacial score (nSPS) is 11.3. The zero-order valence-electron chi connectivity index (χ0n) is 12.4. The van der Waals surface area contributed by atoms with Gasteiger partial charge in [0.2, 0.25) is 0 Å². The molecule has 6 heteroatoms. The molecule has 0 aliphatic heterocycles. The molecule has 2 aromatic rings. The molecule has 20 heavy (non-hydrogen) atoms. The van der Waals surface area contributed by atoms with E-state index in [1.165, 1.54) is 11.3 Å². The summed E-state index contributed by atoms with van der Waals surface area (Å²) in [7, 11) is 1.88. The Morgan fingerprint density at radius 2 is 2.05 bits per heavy atom. The fourth-order valence-corrected chi connectivity index (χ4v) is 3.31. The van der Waals surface area contributed by atoms with Crippen molar-refractivity contribution < 1.29 is 9.90 Å². The predicted octanol–water partition coefficient (Wildman–Crippen LogP) is 3.06. The van der Waals surface area contributed by atoms with Crippen molar-refractivity contribution in [3.05, 3.63) is 22.0 Å². The summed E-state index contributed by atoms with van der Waals surface area (Å²) in [5.41, 5.74) is 3.52. The van der Waals surface area contributed by atoms with Gasteiger partial charge in [-0.1, -0.05) is 13.8 Å². The number of nitrogens with zero attached hydrogens (tertiary/aromatic N) is 3. The fraction of sp³-hybridized carbons (Fsp3) is 0.500. The molecule has 108 valence electrons. The maximum absolute atomic E-state index is 11.4. The first-order valence-corrected chi connectivity index (χ1v) is 7.36. The zero-order chi connectivity index (χ0) is 15.0. The lowest BCUT2D eigenvalue weighted by Crippen LogP contribution is -2.02. The Morgan fingerprint density at radius 1 is 1.40 bits per heavy atom. The minimum absolute atomic E-state index is 0.344. The van der Waals surface area contributed by atoms with Crippen LogP contribution in [0.25, 0.3) is 10.6 Å². The standard InChI is InChI=1S/C14H19N3O2S/c1-7(2)6-10-12(14(18)19)20-13(15-10)11-8(3)16-17(5)9(11)4/h7H,6H2,1-5H3,(H,18,19). The van der Waals surface area contributed by atoms with Gasteiger partial charge in [-0.15, -0.1) is 11.3 Å². The number of rotatable bonds is 4. The summed E-state index contributed by atoms with van der Waals surface area (Å²) in [5.74, 6) is -0.525. The van der Waals surface area contributed by atoms with E-state index in [4.69, 9.17) is 0 Å². The Balaban J connectivity index is 2.55. The fourth-order valence-electron chi connectivity index (χ4n) is 2.23. The number of aromatic nitrogens is 3. The number of carboxylic acid groups (broad SMARTS) is 1. The molecule has 0 atom stereocenters. The average molecular weight is 293 g/mol. The number of aryl methyl sites for hydroxylation is 2. The van der Waals surface area contributed by atoms with Crippen molar-refractivity contribution in [3.8, 4) is 10.6 Å². The van der Waals surface area contributed by atoms with Crippen molar-refractivity contribution >= 4 is 17.3 Å². The highest BCUT2D eigenvalue weighted by Gasteiger charge is 2.22. The highest BCUT2D eigenvalue weighted by atomic mass is 32.1. The lowest BCUT2D eigenvalue weighted by Gasteiger charge is -2.01. The van der Waals surface area contributed by atoms with Crippen molar-refractivity contribution in [1.29, 1.82) is 0 Å². The molecular weight excluding hydrogens is 274 g/mol. The van der Waals surface area contributed by atoms with Gasteiger partial charge >= 0.3 is 5.97 Å². The summed E-state index contributed by atoms with van der Waals surface area (Å²) in [6.07, 6.45) is 0.677. The molecule has 0 aromatic carbocycles. The third-order valence-corrected chi connectivity index (χ3v) is 4.32. The van der Waals surface area contributed by atoms with Crippen molar-refractivity contribution in [2.24, 2.45) is 13.0 Å². The Bertz CT molecular complexity index is 656. The van der Waals surface area contributed by atoms with Crippen LogP contribution in [0, 0.1) is 19.8 Å². The molecule has 0 bridgehead atoms. The van der Waals surface area contributed by atoms with E-state index >= 15 is 0 Å². The Labute approximate surface area is 122 Å². The maximum Gasteiger partial charge on any atom is 0.347 e. The van der Waals surface area contributed by atoms with Crippen molar-refractivity contribution in [3.63, 3.8) is 0 Å². The molecular formula is C14H19N3O2S. The molecule has 0 saturated carbocycles. The summed E-state index contributed by atoms with van der Waals surface area (Å²) in [4.78, 5) is 16.3. The minimum atomic E-state index is -0.899. The molecule has 0 radical (unpaired) electrons. The number of carboxylic acids is 1. The van der Waals surface area contributed by atoms with Crippen LogP contribution >= 0.6 is 11.3 Å². The second-order valence-electron chi connectivity index (χ2n) is 5.37. The maximum atomic E-state index is 11.4. The van der Waals surface area contributed by atoms with Gasteiger partial charge in [-0.2, -0.15) is 5.10 Å². The number of carbonyl (C=O) groups is 1. The van der Waals surface area contributed by atoms with E-state index in [0.29, 0.717) is 22.9 Å². The number of aromatic carboxylic acids is 1. The average Bonchev–Trinajstić information content (AvgIpc) is 2.81. The minimum Gasteiger partial charge on any atom is -0.477 e. The van der Waals surface area contributed by atoms with Crippen LogP contribution in [0.15, 0.2) is 0 Å². The smallest absolute Gasteiger partial charge is 0.347 e. The lowest BCUT2D eigenvalue weighted by atomic mass is 10.1. The molecule has 0 unspecified atom stereocenters. The SMILES string of the molecule is Cc1nn(C)c(C)c1-c1nc(CC(C)C)c(C(=O)O)s1. The zero-order valence-corrected chi connectivity index (χ0v) is 13.2. The van der Waals surface area contributed by atoms with Crippen LogP contribution < -0.4 is 0 Å². The van der Waals surface area contributed by atoms with Crippen LogP contribution in [-0.2, 0) is 13.5 Å². The second-order valence-corrected chi connectivity index (χ2v) is 6.37. The molecule has 0 fully saturated rings. The molecule has 2 aromatic heterocycles. The third-order valence-electron chi connectivity index (χ3n) is 3.22. The van der Waals surface area contributed by atoms with Gasteiger partial charge in [0, 0.05) is 12.7 Å². The topological polar surface area (TPSA) is 68.0 Å². The molecule has 0 aliphatic rings. The van der Waals surface area contributed by atoms with Crippen molar-refractivity contribution in [2.45, 2.75) is 34.1 Å². The monoisotopic (exact) mass is 293 g/mol. The summed E-state index contributed by atoms with van der Waals surface area (Å²) in [6, 6.07) is 0. The van der Waals surface area contributed by atoms with Crippen LogP contribution in [0.1, 0.15) is 40.6 Å². The van der Waals surface area contributed by atoms with Gasteiger partial charge < -0.3 is 5.11 Å². The first kappa shape index (κ1) is 14.7. The number of hydrogen-bond donors (Lipinski definition) is 1. The first-order chi connectivity index (χ1) is 9.31. The second kappa shape index (κ2) is 5.36. The van der Waals surface area contributed by atoms with Gasteiger partial charge in [0.15, 0.2) is 0 Å². The van der Waals surface area contributed by atoms with E-state index in [9.17, 15) is 9.90 Å². The van der Waals surface area contributed by atoms with E-state index in [2.05, 4.69) is 23.9 Å². The van der Waals surface area contributed by atoms with Gasteiger partial charge in [-0.05, 0) is 26.2 Å². The van der Waals surface area contributed by atoms with E-state index in [1.54, 1.807) is 4.68 Å². The Kier molecular flexibility index (Phi) is 3.94. The van der Waals surface area contributed by atoms with E-state index in [1.807, 2.05) is 20.9 Å². The van der Waals surface area contributed by atoms with Gasteiger partial charge in [-0.3, -0.25) is 4.68 Å². The van der Waals surface area contributed by atoms with Gasteiger partial charge in [-0.25, -0.2) is 9.78 Å². The van der Waals surface area contributed by atoms with Gasteiger partial charge in [0.05, 0.1) is 17.0 Å². The largest absolute Gasteiger partial charge is 0.477 e. The summed E-state index contributed by atoms with van der Waals surface area (Å²) in [6.45, 7) is 8.02. The van der Waals surface area contributed by atoms with Crippen molar-refractivity contribution in [2.75, 3.05) is 0 Å². The highest BCUT2D eigenvalue weighted by Crippen LogP contribution is 2.33. The molecule has 2 heterocycles. The Hall–Kier alpha value is -1.69. The van der Waals surface area contributed by atoms with Crippen LogP contribution in [0.5, 0.6) is 0 Å². The van der Waals surface area contributed by atoms with Gasteiger partial charge in [0.1, 0.15) is 9.88 Å². The molecule has 5 nitrogen and oxygen atoms in total. The summed E-state index contributed by atoms with van der Waals surface area (Å²) < 4.78 is 1.80.